The highest BCUT2D eigenvalue weighted by atomic mass is 32.1. The Labute approximate surface area is 199 Å². The zero-order valence-corrected chi connectivity index (χ0v) is 19.8. The van der Waals surface area contributed by atoms with Crippen molar-refractivity contribution in [2.24, 2.45) is 0 Å². The van der Waals surface area contributed by atoms with E-state index in [1.54, 1.807) is 13.8 Å². The average Bonchev–Trinajstić information content (AvgIpc) is 3.42. The molecule has 0 amide bonds. The number of hydrogen-bond donors (Lipinski definition) is 1. The molecule has 0 saturated carbocycles. The molecule has 0 fully saturated rings. The lowest BCUT2D eigenvalue weighted by Crippen LogP contribution is -2.09. The summed E-state index contributed by atoms with van der Waals surface area (Å²) in [5.74, 6) is 0.308. The van der Waals surface area contributed by atoms with E-state index < -0.39 is 11.9 Å². The molecule has 0 aliphatic rings. The van der Waals surface area contributed by atoms with Gasteiger partial charge in [0, 0.05) is 12.0 Å². The van der Waals surface area contributed by atoms with Crippen LogP contribution < -0.4 is 5.73 Å². The first kappa shape index (κ1) is 23.3. The first-order valence-corrected chi connectivity index (χ1v) is 11.4. The molecule has 10 nitrogen and oxygen atoms in total. The number of nitrogen functional groups attached to an aromatic ring is 1. The summed E-state index contributed by atoms with van der Waals surface area (Å²) in [4.78, 5) is 33.9. The Bertz CT molecular complexity index is 1350. The van der Waals surface area contributed by atoms with Gasteiger partial charge in [0.1, 0.15) is 15.5 Å². The van der Waals surface area contributed by atoms with E-state index in [1.165, 1.54) is 11.3 Å². The minimum Gasteiger partial charge on any atom is -0.462 e. The highest BCUT2D eigenvalue weighted by molar-refractivity contribution is 7.20. The topological polar surface area (TPSA) is 143 Å². The molecule has 0 saturated heterocycles. The van der Waals surface area contributed by atoms with Gasteiger partial charge >= 0.3 is 11.9 Å². The third-order valence-electron chi connectivity index (χ3n) is 5.00. The first-order chi connectivity index (χ1) is 16.4. The van der Waals surface area contributed by atoms with Crippen molar-refractivity contribution in [3.63, 3.8) is 0 Å². The van der Waals surface area contributed by atoms with E-state index in [9.17, 15) is 9.59 Å². The molecule has 1 aromatic carbocycles. The second kappa shape index (κ2) is 9.96. The lowest BCUT2D eigenvalue weighted by Gasteiger charge is -2.05. The van der Waals surface area contributed by atoms with Crippen LogP contribution >= 0.6 is 11.3 Å². The standard InChI is InChI=1S/C23H23N5O5S/c1-4-31-23(30)19-13(3)18-20(24)25-15(26-22(18)34-19)11-32-17(29)10-9-16-27-28-21(33-16)14-7-5-12(2)6-8-14/h5-8H,4,9-11H2,1-3H3,(H2,24,25,26). The molecule has 34 heavy (non-hydrogen) atoms. The second-order valence-electron chi connectivity index (χ2n) is 7.51. The average molecular weight is 482 g/mol. The number of fused-ring (bicyclic) bond motifs is 1. The van der Waals surface area contributed by atoms with Crippen molar-refractivity contribution >= 4 is 39.3 Å². The number of carbonyl (C=O) groups is 2. The van der Waals surface area contributed by atoms with Gasteiger partial charge in [0.25, 0.3) is 0 Å². The molecule has 176 valence electrons. The Hall–Kier alpha value is -3.86. The minimum atomic E-state index is -0.466. The molecule has 4 aromatic rings. The molecule has 3 heterocycles. The molecule has 4 rings (SSSR count). The van der Waals surface area contributed by atoms with Crippen molar-refractivity contribution in [2.75, 3.05) is 12.3 Å². The van der Waals surface area contributed by atoms with Crippen LogP contribution in [0.1, 0.15) is 45.9 Å². The molecule has 0 atom stereocenters. The predicted molar refractivity (Wildman–Crippen MR) is 125 cm³/mol. The number of esters is 2. The Balaban J connectivity index is 1.36. The third-order valence-corrected chi connectivity index (χ3v) is 6.16. The normalized spacial score (nSPS) is 11.0. The van der Waals surface area contributed by atoms with Crippen LogP contribution in [-0.2, 0) is 27.3 Å². The summed E-state index contributed by atoms with van der Waals surface area (Å²) < 4.78 is 16.0. The van der Waals surface area contributed by atoms with E-state index in [4.69, 9.17) is 19.6 Å². The van der Waals surface area contributed by atoms with E-state index >= 15 is 0 Å². The van der Waals surface area contributed by atoms with E-state index in [0.29, 0.717) is 32.4 Å². The summed E-state index contributed by atoms with van der Waals surface area (Å²) in [7, 11) is 0. The largest absolute Gasteiger partial charge is 0.462 e. The van der Waals surface area contributed by atoms with Crippen LogP contribution in [-0.4, -0.2) is 38.7 Å². The summed E-state index contributed by atoms with van der Waals surface area (Å²) in [5, 5.41) is 8.61. The van der Waals surface area contributed by atoms with Crippen molar-refractivity contribution in [2.45, 2.75) is 40.2 Å². The number of aryl methyl sites for hydroxylation is 3. The van der Waals surface area contributed by atoms with Crippen LogP contribution in [0, 0.1) is 13.8 Å². The van der Waals surface area contributed by atoms with Gasteiger partial charge in [-0.25, -0.2) is 14.8 Å². The molecule has 0 aliphatic carbocycles. The SMILES string of the molecule is CCOC(=O)c1sc2nc(COC(=O)CCc3nnc(-c4ccc(C)cc4)o3)nc(N)c2c1C. The van der Waals surface area contributed by atoms with Gasteiger partial charge in [0.05, 0.1) is 18.4 Å². The Morgan fingerprint density at radius 1 is 1.09 bits per heavy atom. The number of aromatic nitrogens is 4. The Morgan fingerprint density at radius 3 is 2.59 bits per heavy atom. The van der Waals surface area contributed by atoms with E-state index in [2.05, 4.69) is 20.2 Å². The van der Waals surface area contributed by atoms with Crippen LogP contribution in [0.25, 0.3) is 21.7 Å². The van der Waals surface area contributed by atoms with Gasteiger partial charge in [-0.3, -0.25) is 4.79 Å². The quantitative estimate of drug-likeness (QED) is 0.369. The number of hydrogen-bond acceptors (Lipinski definition) is 11. The van der Waals surface area contributed by atoms with E-state index in [-0.39, 0.29) is 37.7 Å². The number of anilines is 1. The van der Waals surface area contributed by atoms with E-state index in [1.807, 2.05) is 31.2 Å². The zero-order chi connectivity index (χ0) is 24.2. The van der Waals surface area contributed by atoms with Gasteiger partial charge in [-0.1, -0.05) is 17.7 Å². The minimum absolute atomic E-state index is 0.0539. The van der Waals surface area contributed by atoms with Gasteiger partial charge in [-0.15, -0.1) is 21.5 Å². The molecule has 0 bridgehead atoms. The number of ether oxygens (including phenoxy) is 2. The van der Waals surface area contributed by atoms with Crippen molar-refractivity contribution in [3.8, 4) is 11.5 Å². The summed E-state index contributed by atoms with van der Waals surface area (Å²) in [5.41, 5.74) is 8.69. The first-order valence-electron chi connectivity index (χ1n) is 10.6. The van der Waals surface area contributed by atoms with Crippen LogP contribution in [0.2, 0.25) is 0 Å². The smallest absolute Gasteiger partial charge is 0.348 e. The number of nitrogens with two attached hydrogens (primary N) is 1. The number of thiophene rings is 1. The second-order valence-corrected chi connectivity index (χ2v) is 8.51. The van der Waals surface area contributed by atoms with Gasteiger partial charge in [0.2, 0.25) is 11.8 Å². The summed E-state index contributed by atoms with van der Waals surface area (Å²) in [6, 6.07) is 7.71. The molecule has 0 unspecified atom stereocenters. The maximum Gasteiger partial charge on any atom is 0.348 e. The van der Waals surface area contributed by atoms with Crippen LogP contribution in [0.15, 0.2) is 28.7 Å². The lowest BCUT2D eigenvalue weighted by molar-refractivity contribution is -0.145. The van der Waals surface area contributed by atoms with Crippen LogP contribution in [0.4, 0.5) is 5.82 Å². The van der Waals surface area contributed by atoms with Gasteiger partial charge in [-0.05, 0) is 38.5 Å². The van der Waals surface area contributed by atoms with Crippen molar-refractivity contribution in [1.82, 2.24) is 20.2 Å². The third kappa shape index (κ3) is 5.04. The van der Waals surface area contributed by atoms with Crippen molar-refractivity contribution in [1.29, 1.82) is 0 Å². The van der Waals surface area contributed by atoms with Crippen molar-refractivity contribution < 1.29 is 23.5 Å². The molecule has 11 heteroatoms. The van der Waals surface area contributed by atoms with Gasteiger partial charge in [0.15, 0.2) is 12.4 Å². The molecular weight excluding hydrogens is 458 g/mol. The summed E-state index contributed by atoms with van der Waals surface area (Å²) >= 11 is 1.17. The fraction of sp³-hybridized carbons (Fsp3) is 0.304. The van der Waals surface area contributed by atoms with Gasteiger partial charge < -0.3 is 19.6 Å². The predicted octanol–water partition coefficient (Wildman–Crippen LogP) is 3.79. The van der Waals surface area contributed by atoms with Crippen LogP contribution in [0.5, 0.6) is 0 Å². The number of nitrogens with zero attached hydrogens (tertiary/aromatic N) is 4. The zero-order valence-electron chi connectivity index (χ0n) is 19.0. The maximum atomic E-state index is 12.2. The number of benzene rings is 1. The highest BCUT2D eigenvalue weighted by Gasteiger charge is 2.21. The van der Waals surface area contributed by atoms with Crippen LogP contribution in [0.3, 0.4) is 0 Å². The van der Waals surface area contributed by atoms with Crippen molar-refractivity contribution in [3.05, 3.63) is 52.0 Å². The molecule has 0 aliphatic heterocycles. The van der Waals surface area contributed by atoms with E-state index in [0.717, 1.165) is 11.1 Å². The Kier molecular flexibility index (Phi) is 6.82. The molecule has 2 N–H and O–H groups in total. The molecule has 3 aromatic heterocycles. The molecular formula is C23H23N5O5S. The molecule has 0 radical (unpaired) electrons. The number of rotatable bonds is 8. The number of carbonyl (C=O) groups excluding carboxylic acids is 2. The maximum absolute atomic E-state index is 12.2. The highest BCUT2D eigenvalue weighted by Crippen LogP contribution is 2.33. The summed E-state index contributed by atoms with van der Waals surface area (Å²) in [6.45, 7) is 5.62. The Morgan fingerprint density at radius 2 is 1.85 bits per heavy atom. The fourth-order valence-corrected chi connectivity index (χ4v) is 4.37. The van der Waals surface area contributed by atoms with Gasteiger partial charge in [-0.2, -0.15) is 0 Å². The molecule has 0 spiro atoms. The summed E-state index contributed by atoms with van der Waals surface area (Å²) in [6.07, 6.45) is 0.297. The monoisotopic (exact) mass is 481 g/mol. The lowest BCUT2D eigenvalue weighted by atomic mass is 10.1. The fourth-order valence-electron chi connectivity index (χ4n) is 3.27.